The lowest BCUT2D eigenvalue weighted by atomic mass is 9.99. The van der Waals surface area contributed by atoms with E-state index < -0.39 is 0 Å². The molecule has 0 saturated heterocycles. The summed E-state index contributed by atoms with van der Waals surface area (Å²) in [5, 5.41) is 11.9. The van der Waals surface area contributed by atoms with Gasteiger partial charge in [-0.25, -0.2) is 0 Å². The largest absolute Gasteiger partial charge is 0.289 e. The van der Waals surface area contributed by atoms with Gasteiger partial charge in [-0.2, -0.15) is 0 Å². The molecule has 0 unspecified atom stereocenters. The van der Waals surface area contributed by atoms with Crippen LogP contribution in [-0.4, -0.2) is 0 Å². The smallest absolute Gasteiger partial charge is 0.186 e. The average Bonchev–Trinajstić information content (AvgIpc) is 2.49. The van der Waals surface area contributed by atoms with E-state index in [4.69, 9.17) is 0 Å². The van der Waals surface area contributed by atoms with Crippen LogP contribution in [0.1, 0.15) is 0 Å². The van der Waals surface area contributed by atoms with Crippen LogP contribution in [0.25, 0.3) is 22.3 Å². The second-order valence-corrected chi connectivity index (χ2v) is 4.44. The summed E-state index contributed by atoms with van der Waals surface area (Å²) in [7, 11) is 0. The van der Waals surface area contributed by atoms with E-state index in [9.17, 15) is 5.11 Å². The molecule has 0 heterocycles. The Hall–Kier alpha value is -2.54. The van der Waals surface area contributed by atoms with Crippen molar-refractivity contribution in [3.8, 4) is 28.0 Å². The van der Waals surface area contributed by atoms with Gasteiger partial charge in [-0.15, -0.1) is 0 Å². The van der Waals surface area contributed by atoms with Crippen LogP contribution in [-0.2, 0) is 5.11 Å². The third-order valence-corrected chi connectivity index (χ3v) is 3.17. The van der Waals surface area contributed by atoms with Gasteiger partial charge in [0.25, 0.3) is 0 Å². The molecule has 3 rings (SSSR count). The Morgan fingerprint density at radius 2 is 1.16 bits per heavy atom. The molecular weight excluding hydrogens is 232 g/mol. The molecule has 0 aliphatic heterocycles. The first-order chi connectivity index (χ1) is 9.34. The molecule has 1 heteroatoms. The van der Waals surface area contributed by atoms with Gasteiger partial charge < -0.3 is 0 Å². The van der Waals surface area contributed by atoms with Crippen molar-refractivity contribution in [1.29, 1.82) is 0 Å². The highest BCUT2D eigenvalue weighted by molar-refractivity contribution is 5.75. The molecular formula is C18H13O. The predicted octanol–water partition coefficient (Wildman–Crippen LogP) is 5.16. The van der Waals surface area contributed by atoms with Crippen molar-refractivity contribution in [3.63, 3.8) is 0 Å². The molecule has 0 amide bonds. The lowest BCUT2D eigenvalue weighted by Gasteiger charge is -2.06. The number of hydrogen-bond acceptors (Lipinski definition) is 0. The molecule has 3 aromatic carbocycles. The molecule has 0 fully saturated rings. The number of rotatable bonds is 2. The van der Waals surface area contributed by atoms with E-state index in [0.717, 1.165) is 22.3 Å². The molecule has 0 aromatic heterocycles. The third kappa shape index (κ3) is 2.36. The van der Waals surface area contributed by atoms with E-state index in [1.165, 1.54) is 0 Å². The van der Waals surface area contributed by atoms with Crippen molar-refractivity contribution < 1.29 is 5.11 Å². The number of para-hydroxylation sites is 1. The second-order valence-electron chi connectivity index (χ2n) is 4.44. The molecule has 91 valence electrons. The minimum absolute atomic E-state index is 0.0627. The normalized spacial score (nSPS) is 10.3. The highest BCUT2D eigenvalue weighted by Crippen LogP contribution is 2.31. The van der Waals surface area contributed by atoms with Gasteiger partial charge in [0.2, 0.25) is 0 Å². The van der Waals surface area contributed by atoms with Gasteiger partial charge in [0.05, 0.1) is 0 Å². The van der Waals surface area contributed by atoms with Crippen LogP contribution >= 0.6 is 0 Å². The molecule has 0 aliphatic carbocycles. The Bertz CT molecular complexity index is 687. The lowest BCUT2D eigenvalue weighted by Crippen LogP contribution is -1.81. The Balaban J connectivity index is 2.09. The molecule has 0 spiro atoms. The number of hydrogen-bond donors (Lipinski definition) is 0. The van der Waals surface area contributed by atoms with Crippen LogP contribution in [0.3, 0.4) is 0 Å². The van der Waals surface area contributed by atoms with Crippen molar-refractivity contribution in [2.45, 2.75) is 0 Å². The van der Waals surface area contributed by atoms with Crippen LogP contribution < -0.4 is 0 Å². The summed E-state index contributed by atoms with van der Waals surface area (Å²) in [6, 6.07) is 25.4. The fourth-order valence-electron chi connectivity index (χ4n) is 2.20. The summed E-state index contributed by atoms with van der Waals surface area (Å²) in [5.74, 6) is 0.0627. The van der Waals surface area contributed by atoms with E-state index in [-0.39, 0.29) is 5.75 Å². The Labute approximate surface area is 112 Å². The summed E-state index contributed by atoms with van der Waals surface area (Å²) in [4.78, 5) is 0. The van der Waals surface area contributed by atoms with E-state index in [2.05, 4.69) is 24.3 Å². The van der Waals surface area contributed by atoms with Crippen LogP contribution in [0.15, 0.2) is 78.9 Å². The maximum Gasteiger partial charge on any atom is 0.186 e. The van der Waals surface area contributed by atoms with Crippen molar-refractivity contribution in [2.75, 3.05) is 0 Å². The molecule has 1 nitrogen and oxygen atoms in total. The fraction of sp³-hybridized carbons (Fsp3) is 0. The molecule has 3 aromatic rings. The monoisotopic (exact) mass is 245 g/mol. The highest BCUT2D eigenvalue weighted by atomic mass is 16.3. The second kappa shape index (κ2) is 4.99. The zero-order valence-corrected chi connectivity index (χ0v) is 10.4. The summed E-state index contributed by atoms with van der Waals surface area (Å²) in [5.41, 5.74) is 4.00. The molecule has 19 heavy (non-hydrogen) atoms. The van der Waals surface area contributed by atoms with Gasteiger partial charge in [-0.05, 0) is 28.8 Å². The first-order valence-electron chi connectivity index (χ1n) is 6.26. The Kier molecular flexibility index (Phi) is 3.03. The number of benzene rings is 3. The van der Waals surface area contributed by atoms with Crippen molar-refractivity contribution >= 4 is 0 Å². The predicted molar refractivity (Wildman–Crippen MR) is 77.4 cm³/mol. The molecule has 0 atom stereocenters. The van der Waals surface area contributed by atoms with E-state index in [0.29, 0.717) is 0 Å². The Morgan fingerprint density at radius 3 is 1.95 bits per heavy atom. The van der Waals surface area contributed by atoms with Gasteiger partial charge in [0, 0.05) is 5.56 Å². The standard InChI is InChI=1S/C18H13O/c19-18-12-5-4-11-17(18)16-10-6-9-15(13-16)14-7-2-1-3-8-14/h1-13H. The van der Waals surface area contributed by atoms with E-state index >= 15 is 0 Å². The summed E-state index contributed by atoms with van der Waals surface area (Å²) < 4.78 is 0. The summed E-state index contributed by atoms with van der Waals surface area (Å²) in [6.07, 6.45) is 0. The fourth-order valence-corrected chi connectivity index (χ4v) is 2.20. The minimum atomic E-state index is 0.0627. The summed E-state index contributed by atoms with van der Waals surface area (Å²) >= 11 is 0. The molecule has 0 N–H and O–H groups in total. The molecule has 0 aliphatic rings. The average molecular weight is 245 g/mol. The molecule has 1 radical (unpaired) electrons. The molecule has 0 bridgehead atoms. The quantitative estimate of drug-likeness (QED) is 0.594. The molecule has 0 saturated carbocycles. The van der Waals surface area contributed by atoms with Crippen LogP contribution in [0.2, 0.25) is 0 Å². The minimum Gasteiger partial charge on any atom is -0.289 e. The first-order valence-corrected chi connectivity index (χ1v) is 6.26. The van der Waals surface area contributed by atoms with Gasteiger partial charge in [0.1, 0.15) is 0 Å². The zero-order chi connectivity index (χ0) is 13.1. The lowest BCUT2D eigenvalue weighted by molar-refractivity contribution is 0.356. The van der Waals surface area contributed by atoms with E-state index in [1.54, 1.807) is 12.1 Å². The topological polar surface area (TPSA) is 19.9 Å². The zero-order valence-electron chi connectivity index (χ0n) is 10.4. The van der Waals surface area contributed by atoms with Crippen LogP contribution in [0, 0.1) is 0 Å². The van der Waals surface area contributed by atoms with Crippen LogP contribution in [0.5, 0.6) is 5.75 Å². The Morgan fingerprint density at radius 1 is 0.526 bits per heavy atom. The van der Waals surface area contributed by atoms with E-state index in [1.807, 2.05) is 42.5 Å². The van der Waals surface area contributed by atoms with Gasteiger partial charge in [0.15, 0.2) is 5.75 Å². The van der Waals surface area contributed by atoms with Crippen molar-refractivity contribution in [2.24, 2.45) is 0 Å². The highest BCUT2D eigenvalue weighted by Gasteiger charge is 2.06. The SMILES string of the molecule is [O]c1ccccc1-c1cccc(-c2ccccc2)c1. The van der Waals surface area contributed by atoms with Gasteiger partial charge >= 0.3 is 0 Å². The third-order valence-electron chi connectivity index (χ3n) is 3.17. The van der Waals surface area contributed by atoms with Gasteiger partial charge in [-0.1, -0.05) is 66.7 Å². The maximum atomic E-state index is 11.9. The van der Waals surface area contributed by atoms with Crippen molar-refractivity contribution in [1.82, 2.24) is 0 Å². The van der Waals surface area contributed by atoms with Crippen molar-refractivity contribution in [3.05, 3.63) is 78.9 Å². The maximum absolute atomic E-state index is 11.9. The first kappa shape index (κ1) is 11.5. The van der Waals surface area contributed by atoms with Gasteiger partial charge in [-0.3, -0.25) is 5.11 Å². The summed E-state index contributed by atoms with van der Waals surface area (Å²) in [6.45, 7) is 0. The van der Waals surface area contributed by atoms with Crippen LogP contribution in [0.4, 0.5) is 0 Å².